The molecule has 1 aromatic carbocycles. The first-order chi connectivity index (χ1) is 8.16. The van der Waals surface area contributed by atoms with E-state index in [9.17, 15) is 4.79 Å². The topological polar surface area (TPSA) is 41.1 Å². The summed E-state index contributed by atoms with van der Waals surface area (Å²) in [7, 11) is 0. The van der Waals surface area contributed by atoms with Gasteiger partial charge in [0.1, 0.15) is 0 Å². The molecule has 1 saturated carbocycles. The third-order valence-corrected chi connectivity index (χ3v) is 3.29. The number of hydrogen-bond acceptors (Lipinski definition) is 2. The maximum Gasteiger partial charge on any atom is 0.221 e. The van der Waals surface area contributed by atoms with Crippen molar-refractivity contribution in [1.29, 1.82) is 0 Å². The fourth-order valence-corrected chi connectivity index (χ4v) is 1.81. The minimum Gasteiger partial charge on any atom is -0.384 e. The number of nitrogens with one attached hydrogen (secondary N) is 2. The molecule has 1 aliphatic carbocycles. The molecule has 4 heteroatoms. The summed E-state index contributed by atoms with van der Waals surface area (Å²) in [6.45, 7) is 2.61. The lowest BCUT2D eigenvalue weighted by Gasteiger charge is -2.10. The summed E-state index contributed by atoms with van der Waals surface area (Å²) in [6.07, 6.45) is 2.77. The van der Waals surface area contributed by atoms with Gasteiger partial charge in [0, 0.05) is 29.7 Å². The van der Waals surface area contributed by atoms with Crippen LogP contribution in [0.3, 0.4) is 0 Å². The lowest BCUT2D eigenvalue weighted by molar-refractivity contribution is -0.120. The van der Waals surface area contributed by atoms with E-state index in [0.717, 1.165) is 29.1 Å². The van der Waals surface area contributed by atoms with Crippen molar-refractivity contribution in [2.45, 2.75) is 32.2 Å². The van der Waals surface area contributed by atoms with Crippen LogP contribution in [0.2, 0.25) is 5.02 Å². The molecule has 1 aromatic rings. The molecule has 1 fully saturated rings. The Morgan fingerprint density at radius 1 is 1.47 bits per heavy atom. The van der Waals surface area contributed by atoms with Crippen LogP contribution in [-0.4, -0.2) is 18.5 Å². The van der Waals surface area contributed by atoms with E-state index < -0.39 is 0 Å². The van der Waals surface area contributed by atoms with Crippen molar-refractivity contribution < 1.29 is 4.79 Å². The highest BCUT2D eigenvalue weighted by atomic mass is 35.5. The summed E-state index contributed by atoms with van der Waals surface area (Å²) in [5, 5.41) is 6.94. The zero-order valence-electron chi connectivity index (χ0n) is 9.92. The second kappa shape index (κ2) is 5.41. The predicted octanol–water partition coefficient (Wildman–Crippen LogP) is 2.73. The minimum absolute atomic E-state index is 0.125. The van der Waals surface area contributed by atoms with Gasteiger partial charge >= 0.3 is 0 Å². The van der Waals surface area contributed by atoms with Crippen LogP contribution in [0.5, 0.6) is 0 Å². The molecule has 0 heterocycles. The second-order valence-corrected chi connectivity index (χ2v) is 4.84. The first-order valence-corrected chi connectivity index (χ1v) is 6.33. The highest BCUT2D eigenvalue weighted by Gasteiger charge is 2.22. The van der Waals surface area contributed by atoms with Crippen molar-refractivity contribution in [3.05, 3.63) is 28.8 Å². The fraction of sp³-hybridized carbons (Fsp3) is 0.462. The van der Waals surface area contributed by atoms with Crippen molar-refractivity contribution in [2.24, 2.45) is 0 Å². The van der Waals surface area contributed by atoms with Crippen molar-refractivity contribution in [3.63, 3.8) is 0 Å². The van der Waals surface area contributed by atoms with Gasteiger partial charge in [-0.15, -0.1) is 0 Å². The molecule has 0 aromatic heterocycles. The maximum absolute atomic E-state index is 11.5. The minimum atomic E-state index is 0.125. The highest BCUT2D eigenvalue weighted by molar-refractivity contribution is 6.31. The van der Waals surface area contributed by atoms with Crippen LogP contribution in [0.25, 0.3) is 0 Å². The molecule has 0 unspecified atom stereocenters. The average molecular weight is 253 g/mol. The van der Waals surface area contributed by atoms with E-state index in [4.69, 9.17) is 11.6 Å². The van der Waals surface area contributed by atoms with Crippen molar-refractivity contribution >= 4 is 23.2 Å². The van der Waals surface area contributed by atoms with Crippen molar-refractivity contribution in [3.8, 4) is 0 Å². The summed E-state index contributed by atoms with van der Waals surface area (Å²) >= 11 is 6.01. The molecule has 0 atom stereocenters. The number of carbonyl (C=O) groups is 1. The number of rotatable bonds is 5. The number of benzene rings is 1. The van der Waals surface area contributed by atoms with Gasteiger partial charge in [-0.2, -0.15) is 0 Å². The highest BCUT2D eigenvalue weighted by Crippen LogP contribution is 2.22. The molecule has 92 valence electrons. The molecule has 0 bridgehead atoms. The average Bonchev–Trinajstić information content (AvgIpc) is 3.08. The van der Waals surface area contributed by atoms with Crippen molar-refractivity contribution in [2.75, 3.05) is 11.9 Å². The first kappa shape index (κ1) is 12.2. The Kier molecular flexibility index (Phi) is 3.89. The summed E-state index contributed by atoms with van der Waals surface area (Å²) in [5.41, 5.74) is 2.02. The molecular weight excluding hydrogens is 236 g/mol. The maximum atomic E-state index is 11.5. The molecule has 17 heavy (non-hydrogen) atoms. The van der Waals surface area contributed by atoms with E-state index in [1.54, 1.807) is 0 Å². The number of amides is 1. The van der Waals surface area contributed by atoms with Crippen LogP contribution in [0.1, 0.15) is 24.8 Å². The van der Waals surface area contributed by atoms with Gasteiger partial charge in [-0.05, 0) is 37.5 Å². The zero-order chi connectivity index (χ0) is 12.3. The molecule has 0 spiro atoms. The van der Waals surface area contributed by atoms with E-state index in [1.807, 2.05) is 25.1 Å². The van der Waals surface area contributed by atoms with Crippen LogP contribution in [0.15, 0.2) is 18.2 Å². The van der Waals surface area contributed by atoms with Crippen LogP contribution >= 0.6 is 11.6 Å². The summed E-state index contributed by atoms with van der Waals surface area (Å²) in [4.78, 5) is 11.5. The molecule has 1 aliphatic rings. The van der Waals surface area contributed by atoms with Crippen LogP contribution in [0, 0.1) is 6.92 Å². The van der Waals surface area contributed by atoms with Gasteiger partial charge in [-0.25, -0.2) is 0 Å². The number of anilines is 1. The van der Waals surface area contributed by atoms with E-state index >= 15 is 0 Å². The lowest BCUT2D eigenvalue weighted by Crippen LogP contribution is -2.27. The van der Waals surface area contributed by atoms with Gasteiger partial charge < -0.3 is 10.6 Å². The van der Waals surface area contributed by atoms with Gasteiger partial charge in [0.05, 0.1) is 0 Å². The molecule has 2 rings (SSSR count). The third kappa shape index (κ3) is 3.63. The quantitative estimate of drug-likeness (QED) is 0.846. The first-order valence-electron chi connectivity index (χ1n) is 5.95. The van der Waals surface area contributed by atoms with Gasteiger partial charge in [0.25, 0.3) is 0 Å². The summed E-state index contributed by atoms with van der Waals surface area (Å²) < 4.78 is 0. The van der Waals surface area contributed by atoms with E-state index in [-0.39, 0.29) is 5.91 Å². The molecule has 1 amide bonds. The third-order valence-electron chi connectivity index (χ3n) is 2.88. The van der Waals surface area contributed by atoms with Gasteiger partial charge in [0.15, 0.2) is 0 Å². The number of hydrogen-bond donors (Lipinski definition) is 2. The van der Waals surface area contributed by atoms with Crippen molar-refractivity contribution in [1.82, 2.24) is 5.32 Å². The summed E-state index contributed by atoms with van der Waals surface area (Å²) in [5.74, 6) is 0.125. The Bertz CT molecular complexity index is 416. The van der Waals surface area contributed by atoms with E-state index in [2.05, 4.69) is 10.6 Å². The van der Waals surface area contributed by atoms with E-state index in [1.165, 1.54) is 0 Å². The second-order valence-electron chi connectivity index (χ2n) is 4.43. The Labute approximate surface area is 107 Å². The summed E-state index contributed by atoms with van der Waals surface area (Å²) in [6, 6.07) is 6.18. The van der Waals surface area contributed by atoms with Crippen LogP contribution in [-0.2, 0) is 4.79 Å². The van der Waals surface area contributed by atoms with Gasteiger partial charge in [0.2, 0.25) is 5.91 Å². The SMILES string of the molecule is Cc1c(Cl)cccc1NCCC(=O)NC1CC1. The lowest BCUT2D eigenvalue weighted by atomic mass is 10.2. The Morgan fingerprint density at radius 2 is 2.24 bits per heavy atom. The zero-order valence-corrected chi connectivity index (χ0v) is 10.7. The standard InChI is InChI=1S/C13H17ClN2O/c1-9-11(14)3-2-4-12(9)15-8-7-13(17)16-10-5-6-10/h2-4,10,15H,5-8H2,1H3,(H,16,17). The smallest absolute Gasteiger partial charge is 0.221 e. The normalized spacial score (nSPS) is 14.5. The molecule has 2 N–H and O–H groups in total. The fourth-order valence-electron chi connectivity index (χ4n) is 1.64. The van der Waals surface area contributed by atoms with Gasteiger partial charge in [-0.1, -0.05) is 17.7 Å². The Hall–Kier alpha value is -1.22. The Morgan fingerprint density at radius 3 is 2.94 bits per heavy atom. The van der Waals surface area contributed by atoms with E-state index in [0.29, 0.717) is 19.0 Å². The predicted molar refractivity (Wildman–Crippen MR) is 70.5 cm³/mol. The molecule has 0 saturated heterocycles. The van der Waals surface area contributed by atoms with Crippen LogP contribution < -0.4 is 10.6 Å². The van der Waals surface area contributed by atoms with Gasteiger partial charge in [-0.3, -0.25) is 4.79 Å². The monoisotopic (exact) mass is 252 g/mol. The molecule has 0 radical (unpaired) electrons. The Balaban J connectivity index is 1.77. The number of carbonyl (C=O) groups excluding carboxylic acids is 1. The molecular formula is C13H17ClN2O. The van der Waals surface area contributed by atoms with Crippen LogP contribution in [0.4, 0.5) is 5.69 Å². The molecule has 3 nitrogen and oxygen atoms in total. The largest absolute Gasteiger partial charge is 0.384 e. The number of halogens is 1. The molecule has 0 aliphatic heterocycles.